The number of aromatic nitrogens is 2. The van der Waals surface area contributed by atoms with E-state index in [1.807, 2.05) is 17.9 Å². The Kier molecular flexibility index (Phi) is 4.56. The Bertz CT molecular complexity index is 932. The molecular formula is C17H16N4O3S2. The van der Waals surface area contributed by atoms with Crippen molar-refractivity contribution in [1.29, 1.82) is 0 Å². The summed E-state index contributed by atoms with van der Waals surface area (Å²) in [7, 11) is 0. The van der Waals surface area contributed by atoms with Gasteiger partial charge in [0.15, 0.2) is 5.76 Å². The van der Waals surface area contributed by atoms with Crippen molar-refractivity contribution >= 4 is 39.6 Å². The first-order chi connectivity index (χ1) is 12.6. The van der Waals surface area contributed by atoms with Crippen LogP contribution < -0.4 is 5.32 Å². The van der Waals surface area contributed by atoms with Gasteiger partial charge in [0.2, 0.25) is 5.13 Å². The van der Waals surface area contributed by atoms with E-state index in [9.17, 15) is 9.59 Å². The fraction of sp³-hybridized carbons (Fsp3) is 0.294. The van der Waals surface area contributed by atoms with Crippen molar-refractivity contribution in [3.05, 3.63) is 51.1 Å². The molecule has 4 heterocycles. The van der Waals surface area contributed by atoms with E-state index in [1.165, 1.54) is 28.9 Å². The Morgan fingerprint density at radius 3 is 2.88 bits per heavy atom. The number of carbonyl (C=O) groups excluding carboxylic acids is 2. The molecule has 3 aromatic rings. The van der Waals surface area contributed by atoms with E-state index in [0.29, 0.717) is 22.3 Å². The van der Waals surface area contributed by atoms with Crippen LogP contribution in [0.5, 0.6) is 0 Å². The molecule has 1 saturated heterocycles. The van der Waals surface area contributed by atoms with Crippen LogP contribution >= 0.6 is 22.7 Å². The molecule has 1 N–H and O–H groups in total. The number of hydrogen-bond acceptors (Lipinski definition) is 7. The van der Waals surface area contributed by atoms with Crippen LogP contribution in [-0.4, -0.2) is 33.5 Å². The van der Waals surface area contributed by atoms with Crippen molar-refractivity contribution in [1.82, 2.24) is 15.1 Å². The highest BCUT2D eigenvalue weighted by Gasteiger charge is 2.33. The SMILES string of the molecule is Cc1nnc(NC(=O)c2ccc([C@H]3CCCN3C(=O)c3ccco3)s2)s1. The first kappa shape index (κ1) is 16.9. The molecule has 1 aliphatic rings. The van der Waals surface area contributed by atoms with Gasteiger partial charge >= 0.3 is 0 Å². The van der Waals surface area contributed by atoms with Crippen molar-refractivity contribution in [2.75, 3.05) is 11.9 Å². The zero-order valence-electron chi connectivity index (χ0n) is 14.0. The first-order valence-corrected chi connectivity index (χ1v) is 9.81. The summed E-state index contributed by atoms with van der Waals surface area (Å²) < 4.78 is 5.24. The number of nitrogens with zero attached hydrogens (tertiary/aromatic N) is 3. The lowest BCUT2D eigenvalue weighted by molar-refractivity contribution is 0.0705. The molecule has 0 unspecified atom stereocenters. The minimum absolute atomic E-state index is 0.0251. The van der Waals surface area contributed by atoms with E-state index < -0.39 is 0 Å². The zero-order valence-corrected chi connectivity index (χ0v) is 15.6. The topological polar surface area (TPSA) is 88.3 Å². The van der Waals surface area contributed by atoms with Crippen molar-refractivity contribution in [2.45, 2.75) is 25.8 Å². The minimum atomic E-state index is -0.209. The van der Waals surface area contributed by atoms with Crippen LogP contribution in [0, 0.1) is 6.92 Å². The van der Waals surface area contributed by atoms with Crippen LogP contribution in [0.1, 0.15) is 49.0 Å². The zero-order chi connectivity index (χ0) is 18.1. The highest BCUT2D eigenvalue weighted by atomic mass is 32.1. The van der Waals surface area contributed by atoms with E-state index in [1.54, 1.807) is 18.2 Å². The number of thiophene rings is 1. The maximum atomic E-state index is 12.6. The van der Waals surface area contributed by atoms with Gasteiger partial charge in [-0.3, -0.25) is 14.9 Å². The summed E-state index contributed by atoms with van der Waals surface area (Å²) >= 11 is 2.74. The predicted octanol–water partition coefficient (Wildman–Crippen LogP) is 3.73. The molecule has 1 atom stereocenters. The quantitative estimate of drug-likeness (QED) is 0.736. The third-order valence-corrected chi connectivity index (χ3v) is 6.11. The molecule has 0 radical (unpaired) electrons. The maximum Gasteiger partial charge on any atom is 0.290 e. The van der Waals surface area contributed by atoms with Gasteiger partial charge in [0.05, 0.1) is 17.2 Å². The molecule has 0 aliphatic carbocycles. The number of aryl methyl sites for hydroxylation is 1. The molecule has 9 heteroatoms. The molecule has 0 spiro atoms. The average Bonchev–Trinajstić information content (AvgIpc) is 3.40. The normalized spacial score (nSPS) is 16.8. The van der Waals surface area contributed by atoms with Gasteiger partial charge in [0.1, 0.15) is 5.01 Å². The molecule has 2 amide bonds. The minimum Gasteiger partial charge on any atom is -0.459 e. The van der Waals surface area contributed by atoms with Gasteiger partial charge in [-0.05, 0) is 44.0 Å². The Labute approximate surface area is 157 Å². The summed E-state index contributed by atoms with van der Waals surface area (Å²) in [5, 5.41) is 11.8. The third kappa shape index (κ3) is 3.27. The summed E-state index contributed by atoms with van der Waals surface area (Å²) in [6.45, 7) is 2.52. The van der Waals surface area contributed by atoms with E-state index in [2.05, 4.69) is 15.5 Å². The second-order valence-electron chi connectivity index (χ2n) is 5.92. The average molecular weight is 388 g/mol. The van der Waals surface area contributed by atoms with Gasteiger partial charge in [-0.2, -0.15) is 0 Å². The van der Waals surface area contributed by atoms with Crippen LogP contribution in [-0.2, 0) is 0 Å². The Morgan fingerprint density at radius 1 is 1.27 bits per heavy atom. The van der Waals surface area contributed by atoms with E-state index in [4.69, 9.17) is 4.42 Å². The van der Waals surface area contributed by atoms with Crippen molar-refractivity contribution in [3.63, 3.8) is 0 Å². The Morgan fingerprint density at radius 2 is 2.15 bits per heavy atom. The molecule has 26 heavy (non-hydrogen) atoms. The molecule has 1 fully saturated rings. The fourth-order valence-electron chi connectivity index (χ4n) is 3.01. The number of hydrogen-bond donors (Lipinski definition) is 1. The first-order valence-electron chi connectivity index (χ1n) is 8.17. The summed E-state index contributed by atoms with van der Waals surface area (Å²) in [6.07, 6.45) is 3.31. The summed E-state index contributed by atoms with van der Waals surface area (Å²) in [6, 6.07) is 7.07. The van der Waals surface area contributed by atoms with Gasteiger partial charge in [-0.15, -0.1) is 21.5 Å². The van der Waals surface area contributed by atoms with Crippen molar-refractivity contribution in [3.8, 4) is 0 Å². The second-order valence-corrected chi connectivity index (χ2v) is 8.21. The monoisotopic (exact) mass is 388 g/mol. The van der Waals surface area contributed by atoms with Crippen molar-refractivity contribution < 1.29 is 14.0 Å². The number of nitrogens with one attached hydrogen (secondary N) is 1. The van der Waals surface area contributed by atoms with Gasteiger partial charge in [0.25, 0.3) is 11.8 Å². The number of furan rings is 1. The largest absolute Gasteiger partial charge is 0.459 e. The Balaban J connectivity index is 1.49. The maximum absolute atomic E-state index is 12.6. The van der Waals surface area contributed by atoms with E-state index in [0.717, 1.165) is 22.7 Å². The lowest BCUT2D eigenvalue weighted by Crippen LogP contribution is -2.29. The van der Waals surface area contributed by atoms with Gasteiger partial charge < -0.3 is 9.32 Å². The van der Waals surface area contributed by atoms with Crippen LogP contribution in [0.4, 0.5) is 5.13 Å². The number of amides is 2. The highest BCUT2D eigenvalue weighted by molar-refractivity contribution is 7.16. The molecular weight excluding hydrogens is 372 g/mol. The summed E-state index contributed by atoms with van der Waals surface area (Å²) in [5.41, 5.74) is 0. The summed E-state index contributed by atoms with van der Waals surface area (Å²) in [5.74, 6) is 0.0265. The Hall–Kier alpha value is -2.52. The van der Waals surface area contributed by atoms with Gasteiger partial charge in [-0.1, -0.05) is 11.3 Å². The molecule has 134 valence electrons. The molecule has 0 saturated carbocycles. The highest BCUT2D eigenvalue weighted by Crippen LogP contribution is 2.37. The van der Waals surface area contributed by atoms with Crippen molar-refractivity contribution in [2.24, 2.45) is 0 Å². The van der Waals surface area contributed by atoms with Crippen LogP contribution in [0.3, 0.4) is 0 Å². The predicted molar refractivity (Wildman–Crippen MR) is 98.6 cm³/mol. The third-order valence-electron chi connectivity index (χ3n) is 4.17. The number of rotatable bonds is 4. The number of likely N-dealkylation sites (tertiary alicyclic amines) is 1. The molecule has 3 aromatic heterocycles. The molecule has 4 rings (SSSR count). The molecule has 7 nitrogen and oxygen atoms in total. The van der Waals surface area contributed by atoms with Gasteiger partial charge in [0, 0.05) is 11.4 Å². The summed E-state index contributed by atoms with van der Waals surface area (Å²) in [4.78, 5) is 28.4. The van der Waals surface area contributed by atoms with Gasteiger partial charge in [-0.25, -0.2) is 0 Å². The van der Waals surface area contributed by atoms with Crippen LogP contribution in [0.2, 0.25) is 0 Å². The molecule has 0 bridgehead atoms. The lowest BCUT2D eigenvalue weighted by atomic mass is 10.2. The van der Waals surface area contributed by atoms with E-state index >= 15 is 0 Å². The second kappa shape index (κ2) is 7.00. The number of carbonyl (C=O) groups is 2. The molecule has 0 aromatic carbocycles. The number of anilines is 1. The standard InChI is InChI=1S/C17H16N4O3S2/c1-10-19-20-17(25-10)18-15(22)14-7-6-13(26-14)11-4-2-8-21(11)16(23)12-5-3-9-24-12/h3,5-7,9,11H,2,4,8H2,1H3,(H,18,20,22)/t11-/m1/s1. The van der Waals surface area contributed by atoms with Crippen LogP contribution in [0.25, 0.3) is 0 Å². The fourth-order valence-corrected chi connectivity index (χ4v) is 4.64. The molecule has 1 aliphatic heterocycles. The van der Waals surface area contributed by atoms with E-state index in [-0.39, 0.29) is 17.9 Å². The lowest BCUT2D eigenvalue weighted by Gasteiger charge is -2.22. The smallest absolute Gasteiger partial charge is 0.290 e. The van der Waals surface area contributed by atoms with Crippen LogP contribution in [0.15, 0.2) is 34.9 Å².